The average molecular weight is 238 g/mol. The Hall–Kier alpha value is -1.88. The molecule has 82 valence electrons. The van der Waals surface area contributed by atoms with E-state index in [-0.39, 0.29) is 10.6 Å². The first kappa shape index (κ1) is 10.6. The zero-order valence-electron chi connectivity index (χ0n) is 8.38. The predicted molar refractivity (Wildman–Crippen MR) is 58.1 cm³/mol. The van der Waals surface area contributed by atoms with Gasteiger partial charge in [0, 0.05) is 5.69 Å². The molecule has 1 aromatic heterocycles. The molecule has 2 rings (SSSR count). The fourth-order valence-corrected chi connectivity index (χ4v) is 1.82. The van der Waals surface area contributed by atoms with E-state index < -0.39 is 5.97 Å². The summed E-state index contributed by atoms with van der Waals surface area (Å²) in [6, 6.07) is 3.29. The van der Waals surface area contributed by atoms with Gasteiger partial charge in [0.1, 0.15) is 12.7 Å². The molecular weight excluding hydrogens is 230 g/mol. The lowest BCUT2D eigenvalue weighted by atomic mass is 10.1. The molecule has 0 saturated heterocycles. The van der Waals surface area contributed by atoms with Crippen molar-refractivity contribution in [3.8, 4) is 5.69 Å². The van der Waals surface area contributed by atoms with Gasteiger partial charge in [0.15, 0.2) is 0 Å². The molecule has 0 unspecified atom stereocenters. The summed E-state index contributed by atoms with van der Waals surface area (Å²) >= 11 is 5.91. The molecule has 1 heterocycles. The summed E-state index contributed by atoms with van der Waals surface area (Å²) in [6.07, 6.45) is 3.04. The molecule has 0 aliphatic carbocycles. The van der Waals surface area contributed by atoms with Gasteiger partial charge < -0.3 is 5.11 Å². The van der Waals surface area contributed by atoms with Crippen molar-refractivity contribution in [2.45, 2.75) is 6.92 Å². The molecule has 0 radical (unpaired) electrons. The molecule has 0 aliphatic rings. The van der Waals surface area contributed by atoms with Gasteiger partial charge >= 0.3 is 5.97 Å². The van der Waals surface area contributed by atoms with Crippen LogP contribution in [0.25, 0.3) is 5.69 Å². The number of aromatic carboxylic acids is 1. The first-order chi connectivity index (χ1) is 7.59. The molecule has 1 N–H and O–H groups in total. The van der Waals surface area contributed by atoms with Crippen LogP contribution in [0.3, 0.4) is 0 Å². The first-order valence-electron chi connectivity index (χ1n) is 4.48. The molecule has 0 bridgehead atoms. The number of aryl methyl sites for hydroxylation is 1. The Bertz CT molecular complexity index is 514. The highest BCUT2D eigenvalue weighted by molar-refractivity contribution is 6.33. The van der Waals surface area contributed by atoms with Crippen molar-refractivity contribution in [1.82, 2.24) is 14.8 Å². The van der Waals surface area contributed by atoms with Gasteiger partial charge in [0.25, 0.3) is 0 Å². The van der Waals surface area contributed by atoms with Crippen LogP contribution in [-0.4, -0.2) is 25.8 Å². The topological polar surface area (TPSA) is 68.0 Å². The van der Waals surface area contributed by atoms with Crippen LogP contribution >= 0.6 is 11.6 Å². The maximum Gasteiger partial charge on any atom is 0.337 e. The van der Waals surface area contributed by atoms with E-state index in [9.17, 15) is 4.79 Å². The summed E-state index contributed by atoms with van der Waals surface area (Å²) in [5.41, 5.74) is 1.46. The maximum absolute atomic E-state index is 10.9. The number of hydrogen-bond acceptors (Lipinski definition) is 3. The Kier molecular flexibility index (Phi) is 2.62. The summed E-state index contributed by atoms with van der Waals surface area (Å²) in [4.78, 5) is 10.9. The largest absolute Gasteiger partial charge is 0.478 e. The number of aromatic nitrogens is 3. The van der Waals surface area contributed by atoms with Crippen molar-refractivity contribution in [3.05, 3.63) is 40.9 Å². The van der Waals surface area contributed by atoms with E-state index in [4.69, 9.17) is 16.7 Å². The highest BCUT2D eigenvalue weighted by atomic mass is 35.5. The standard InChI is InChI=1S/C10H8ClN3O2/c1-6-2-7(14-4-12-13-5-14)3-8(11)9(6)10(15)16/h2-5H,1H3,(H,15,16). The summed E-state index contributed by atoms with van der Waals surface area (Å²) in [5, 5.41) is 16.5. The fourth-order valence-electron chi connectivity index (χ4n) is 1.48. The highest BCUT2D eigenvalue weighted by Gasteiger charge is 2.13. The highest BCUT2D eigenvalue weighted by Crippen LogP contribution is 2.24. The number of carbonyl (C=O) groups is 1. The number of carboxylic acids is 1. The molecule has 0 amide bonds. The quantitative estimate of drug-likeness (QED) is 0.867. The van der Waals surface area contributed by atoms with Crippen molar-refractivity contribution >= 4 is 17.6 Å². The fraction of sp³-hybridized carbons (Fsp3) is 0.100. The maximum atomic E-state index is 10.9. The Morgan fingerprint density at radius 2 is 2.00 bits per heavy atom. The molecule has 1 aromatic carbocycles. The van der Waals surface area contributed by atoms with Crippen LogP contribution in [0.5, 0.6) is 0 Å². The molecule has 16 heavy (non-hydrogen) atoms. The van der Waals surface area contributed by atoms with E-state index in [0.717, 1.165) is 5.69 Å². The third kappa shape index (κ3) is 1.77. The third-order valence-electron chi connectivity index (χ3n) is 2.20. The van der Waals surface area contributed by atoms with Gasteiger partial charge in [-0.1, -0.05) is 11.6 Å². The van der Waals surface area contributed by atoms with Crippen molar-refractivity contribution in [3.63, 3.8) is 0 Å². The number of rotatable bonds is 2. The minimum Gasteiger partial charge on any atom is -0.478 e. The van der Waals surface area contributed by atoms with E-state index in [1.165, 1.54) is 12.7 Å². The molecule has 0 fully saturated rings. The van der Waals surface area contributed by atoms with E-state index in [1.807, 2.05) is 0 Å². The number of benzene rings is 1. The van der Waals surface area contributed by atoms with Gasteiger partial charge in [-0.2, -0.15) is 0 Å². The summed E-state index contributed by atoms with van der Waals surface area (Å²) in [6.45, 7) is 1.70. The third-order valence-corrected chi connectivity index (χ3v) is 2.50. The van der Waals surface area contributed by atoms with Crippen LogP contribution < -0.4 is 0 Å². The predicted octanol–water partition coefficient (Wildman–Crippen LogP) is 1.93. The van der Waals surface area contributed by atoms with Crippen LogP contribution in [0.1, 0.15) is 15.9 Å². The number of halogens is 1. The van der Waals surface area contributed by atoms with Crippen molar-refractivity contribution < 1.29 is 9.90 Å². The molecule has 2 aromatic rings. The van der Waals surface area contributed by atoms with Crippen molar-refractivity contribution in [1.29, 1.82) is 0 Å². The summed E-state index contributed by atoms with van der Waals surface area (Å²) < 4.78 is 1.66. The van der Waals surface area contributed by atoms with Gasteiger partial charge in [-0.05, 0) is 24.6 Å². The lowest BCUT2D eigenvalue weighted by Gasteiger charge is -2.07. The van der Waals surface area contributed by atoms with Gasteiger partial charge in [-0.15, -0.1) is 10.2 Å². The smallest absolute Gasteiger partial charge is 0.337 e. The number of nitrogens with zero attached hydrogens (tertiary/aromatic N) is 3. The summed E-state index contributed by atoms with van der Waals surface area (Å²) in [5.74, 6) is -1.03. The van der Waals surface area contributed by atoms with Crippen LogP contribution in [0, 0.1) is 6.92 Å². The molecule has 5 nitrogen and oxygen atoms in total. The Balaban J connectivity index is 2.58. The monoisotopic (exact) mass is 237 g/mol. The van der Waals surface area contributed by atoms with E-state index in [2.05, 4.69) is 10.2 Å². The number of carboxylic acid groups (broad SMARTS) is 1. The normalized spacial score (nSPS) is 10.4. The van der Waals surface area contributed by atoms with Gasteiger partial charge in [-0.25, -0.2) is 4.79 Å². The van der Waals surface area contributed by atoms with Crippen LogP contribution in [0.2, 0.25) is 5.02 Å². The second kappa shape index (κ2) is 3.94. The van der Waals surface area contributed by atoms with Crippen LogP contribution in [0.15, 0.2) is 24.8 Å². The lowest BCUT2D eigenvalue weighted by molar-refractivity contribution is 0.0696. The summed E-state index contributed by atoms with van der Waals surface area (Å²) in [7, 11) is 0. The Labute approximate surface area is 96.3 Å². The van der Waals surface area contributed by atoms with Crippen LogP contribution in [-0.2, 0) is 0 Å². The molecular formula is C10H8ClN3O2. The van der Waals surface area contributed by atoms with E-state index >= 15 is 0 Å². The van der Waals surface area contributed by atoms with Gasteiger partial charge in [0.2, 0.25) is 0 Å². The molecule has 0 spiro atoms. The van der Waals surface area contributed by atoms with E-state index in [0.29, 0.717) is 5.56 Å². The molecule has 0 atom stereocenters. The van der Waals surface area contributed by atoms with Gasteiger partial charge in [-0.3, -0.25) is 4.57 Å². The van der Waals surface area contributed by atoms with E-state index in [1.54, 1.807) is 23.6 Å². The second-order valence-electron chi connectivity index (χ2n) is 3.29. The molecule has 6 heteroatoms. The second-order valence-corrected chi connectivity index (χ2v) is 3.70. The zero-order chi connectivity index (χ0) is 11.7. The number of hydrogen-bond donors (Lipinski definition) is 1. The van der Waals surface area contributed by atoms with Crippen LogP contribution in [0.4, 0.5) is 0 Å². The SMILES string of the molecule is Cc1cc(-n2cnnc2)cc(Cl)c1C(=O)O. The Morgan fingerprint density at radius 1 is 1.38 bits per heavy atom. The van der Waals surface area contributed by atoms with Crippen molar-refractivity contribution in [2.75, 3.05) is 0 Å². The minimum absolute atomic E-state index is 0.124. The molecule has 0 aliphatic heterocycles. The van der Waals surface area contributed by atoms with Crippen molar-refractivity contribution in [2.24, 2.45) is 0 Å². The van der Waals surface area contributed by atoms with Gasteiger partial charge in [0.05, 0.1) is 10.6 Å². The minimum atomic E-state index is -1.03. The Morgan fingerprint density at radius 3 is 2.50 bits per heavy atom. The zero-order valence-corrected chi connectivity index (χ0v) is 9.14. The first-order valence-corrected chi connectivity index (χ1v) is 4.86. The average Bonchev–Trinajstić information content (AvgIpc) is 2.67. The lowest BCUT2D eigenvalue weighted by Crippen LogP contribution is -2.03. The molecule has 0 saturated carbocycles.